The van der Waals surface area contributed by atoms with Crippen LogP contribution in [0.2, 0.25) is 5.02 Å². The maximum Gasteiger partial charge on any atom is 0.0743 e. The molecule has 1 N–H and O–H groups in total. The van der Waals surface area contributed by atoms with Gasteiger partial charge in [0.15, 0.2) is 0 Å². The lowest BCUT2D eigenvalue weighted by molar-refractivity contribution is 0.490. The summed E-state index contributed by atoms with van der Waals surface area (Å²) in [6.07, 6.45) is 5.39. The van der Waals surface area contributed by atoms with E-state index in [0.717, 1.165) is 21.6 Å². The molecule has 80 valence electrons. The van der Waals surface area contributed by atoms with Crippen LogP contribution in [0.4, 0.5) is 0 Å². The number of terminal acetylenes is 1. The second-order valence-electron chi connectivity index (χ2n) is 3.86. The fraction of sp³-hybridized carbons (Fsp3) is 0.333. The van der Waals surface area contributed by atoms with Crippen LogP contribution in [0.25, 0.3) is 0 Å². The number of hydrogen-bond donors (Lipinski definition) is 1. The maximum atomic E-state index is 5.85. The summed E-state index contributed by atoms with van der Waals surface area (Å²) >= 11 is 9.31. The van der Waals surface area contributed by atoms with Crippen LogP contribution in [0.3, 0.4) is 0 Å². The van der Waals surface area contributed by atoms with E-state index in [1.807, 2.05) is 32.0 Å². The molecule has 0 saturated carbocycles. The number of rotatable bonds is 3. The molecule has 3 heteroatoms. The monoisotopic (exact) mass is 285 g/mol. The van der Waals surface area contributed by atoms with Gasteiger partial charge in [0.25, 0.3) is 0 Å². The van der Waals surface area contributed by atoms with Gasteiger partial charge in [-0.3, -0.25) is 5.32 Å². The molecule has 1 rings (SSSR count). The number of nitrogens with one attached hydrogen (secondary N) is 1. The molecule has 0 spiro atoms. The van der Waals surface area contributed by atoms with Gasteiger partial charge in [0.1, 0.15) is 0 Å². The summed E-state index contributed by atoms with van der Waals surface area (Å²) in [6, 6.07) is 5.72. The lowest BCUT2D eigenvalue weighted by Crippen LogP contribution is -2.36. The molecule has 0 radical (unpaired) electrons. The summed E-state index contributed by atoms with van der Waals surface area (Å²) in [4.78, 5) is 0. The quantitative estimate of drug-likeness (QED) is 0.837. The summed E-state index contributed by atoms with van der Waals surface area (Å²) in [5.41, 5.74) is 0.849. The van der Waals surface area contributed by atoms with Gasteiger partial charge in [-0.1, -0.05) is 39.5 Å². The highest BCUT2D eigenvalue weighted by atomic mass is 79.9. The van der Waals surface area contributed by atoms with Crippen LogP contribution in [-0.2, 0) is 6.54 Å². The number of benzene rings is 1. The van der Waals surface area contributed by atoms with Crippen molar-refractivity contribution >= 4 is 27.5 Å². The minimum Gasteiger partial charge on any atom is -0.297 e. The normalized spacial score (nSPS) is 11.1. The Hall–Kier alpha value is -0.490. The summed E-state index contributed by atoms with van der Waals surface area (Å²) in [5, 5.41) is 4.00. The van der Waals surface area contributed by atoms with Crippen LogP contribution in [0, 0.1) is 12.3 Å². The number of halogens is 2. The van der Waals surface area contributed by atoms with Crippen LogP contribution in [-0.4, -0.2) is 5.54 Å². The van der Waals surface area contributed by atoms with Crippen molar-refractivity contribution in [3.05, 3.63) is 33.3 Å². The Bertz CT molecular complexity index is 393. The summed E-state index contributed by atoms with van der Waals surface area (Å²) < 4.78 is 0.996. The fourth-order valence-electron chi connectivity index (χ4n) is 1.03. The summed E-state index contributed by atoms with van der Waals surface area (Å²) in [5.74, 6) is 2.69. The van der Waals surface area contributed by atoms with Crippen molar-refractivity contribution in [2.45, 2.75) is 25.9 Å². The second-order valence-corrected chi connectivity index (χ2v) is 5.15. The molecule has 0 heterocycles. The molecule has 0 saturated heterocycles. The van der Waals surface area contributed by atoms with Crippen molar-refractivity contribution in [1.29, 1.82) is 0 Å². The Morgan fingerprint density at radius 1 is 1.53 bits per heavy atom. The van der Waals surface area contributed by atoms with Crippen LogP contribution >= 0.6 is 27.5 Å². The molecule has 0 aromatic heterocycles. The van der Waals surface area contributed by atoms with Gasteiger partial charge < -0.3 is 0 Å². The van der Waals surface area contributed by atoms with Crippen molar-refractivity contribution < 1.29 is 0 Å². The van der Waals surface area contributed by atoms with Crippen LogP contribution in [0.15, 0.2) is 22.7 Å². The topological polar surface area (TPSA) is 12.0 Å². The lowest BCUT2D eigenvalue weighted by Gasteiger charge is -2.20. The van der Waals surface area contributed by atoms with Crippen molar-refractivity contribution in [3.8, 4) is 12.3 Å². The van der Waals surface area contributed by atoms with Crippen LogP contribution < -0.4 is 5.32 Å². The van der Waals surface area contributed by atoms with E-state index < -0.39 is 0 Å². The lowest BCUT2D eigenvalue weighted by atomic mass is 10.1. The molecule has 0 aliphatic heterocycles. The summed E-state index contributed by atoms with van der Waals surface area (Å²) in [6.45, 7) is 4.66. The van der Waals surface area contributed by atoms with Gasteiger partial charge in [0.2, 0.25) is 0 Å². The van der Waals surface area contributed by atoms with E-state index in [1.165, 1.54) is 0 Å². The van der Waals surface area contributed by atoms with Gasteiger partial charge in [0.05, 0.1) is 5.54 Å². The van der Waals surface area contributed by atoms with Crippen LogP contribution in [0.1, 0.15) is 19.4 Å². The first-order valence-electron chi connectivity index (χ1n) is 4.61. The highest BCUT2D eigenvalue weighted by Gasteiger charge is 2.12. The Kier molecular flexibility index (Phi) is 4.21. The van der Waals surface area contributed by atoms with Gasteiger partial charge in [-0.25, -0.2) is 0 Å². The van der Waals surface area contributed by atoms with E-state index in [1.54, 1.807) is 0 Å². The first-order valence-corrected chi connectivity index (χ1v) is 5.78. The number of hydrogen-bond acceptors (Lipinski definition) is 1. The molecule has 0 fully saturated rings. The first-order chi connectivity index (χ1) is 6.94. The zero-order valence-corrected chi connectivity index (χ0v) is 11.1. The fourth-order valence-corrected chi connectivity index (χ4v) is 1.86. The molecule has 0 atom stereocenters. The smallest absolute Gasteiger partial charge is 0.0743 e. The van der Waals surface area contributed by atoms with Crippen molar-refractivity contribution in [1.82, 2.24) is 5.32 Å². The molecule has 0 amide bonds. The highest BCUT2D eigenvalue weighted by Crippen LogP contribution is 2.21. The zero-order chi connectivity index (χ0) is 11.5. The molecule has 1 nitrogen and oxygen atoms in total. The minimum atomic E-state index is -0.293. The zero-order valence-electron chi connectivity index (χ0n) is 8.77. The van der Waals surface area contributed by atoms with E-state index in [9.17, 15) is 0 Å². The van der Waals surface area contributed by atoms with Gasteiger partial charge in [-0.2, -0.15) is 0 Å². The Morgan fingerprint density at radius 3 is 2.73 bits per heavy atom. The van der Waals surface area contributed by atoms with Crippen molar-refractivity contribution in [3.63, 3.8) is 0 Å². The molecule has 0 aliphatic carbocycles. The molecule has 0 bridgehead atoms. The third-order valence-electron chi connectivity index (χ3n) is 2.10. The molecule has 15 heavy (non-hydrogen) atoms. The van der Waals surface area contributed by atoms with Gasteiger partial charge in [-0.05, 0) is 31.5 Å². The van der Waals surface area contributed by atoms with Crippen molar-refractivity contribution in [2.75, 3.05) is 0 Å². The Labute approximate surface area is 104 Å². The molecular formula is C12H13BrClN. The molecule has 0 unspecified atom stereocenters. The van der Waals surface area contributed by atoms with Gasteiger partial charge in [-0.15, -0.1) is 6.42 Å². The molecular weight excluding hydrogens is 273 g/mol. The highest BCUT2D eigenvalue weighted by molar-refractivity contribution is 9.10. The first kappa shape index (κ1) is 12.6. The summed E-state index contributed by atoms with van der Waals surface area (Å²) in [7, 11) is 0. The average molecular weight is 287 g/mol. The Balaban J connectivity index is 2.71. The third kappa shape index (κ3) is 3.87. The van der Waals surface area contributed by atoms with Crippen LogP contribution in [0.5, 0.6) is 0 Å². The average Bonchev–Trinajstić information content (AvgIpc) is 2.16. The largest absolute Gasteiger partial charge is 0.297 e. The van der Waals surface area contributed by atoms with E-state index >= 15 is 0 Å². The van der Waals surface area contributed by atoms with E-state index in [4.69, 9.17) is 18.0 Å². The van der Waals surface area contributed by atoms with Gasteiger partial charge >= 0.3 is 0 Å². The molecule has 0 aliphatic rings. The third-order valence-corrected chi connectivity index (χ3v) is 3.07. The molecule has 1 aromatic rings. The van der Waals surface area contributed by atoms with E-state index in [-0.39, 0.29) is 5.54 Å². The predicted molar refractivity (Wildman–Crippen MR) is 68.9 cm³/mol. The Morgan fingerprint density at radius 2 is 2.20 bits per heavy atom. The van der Waals surface area contributed by atoms with E-state index in [2.05, 4.69) is 27.2 Å². The second kappa shape index (κ2) is 5.03. The predicted octanol–water partition coefficient (Wildman–Crippen LogP) is 3.60. The maximum absolute atomic E-state index is 5.85. The SMILES string of the molecule is C#CC(C)(C)NCc1ccc(Cl)cc1Br. The van der Waals surface area contributed by atoms with E-state index in [0.29, 0.717) is 0 Å². The van der Waals surface area contributed by atoms with Crippen molar-refractivity contribution in [2.24, 2.45) is 0 Å². The minimum absolute atomic E-state index is 0.293. The molecule has 1 aromatic carbocycles. The van der Waals surface area contributed by atoms with Gasteiger partial charge in [0, 0.05) is 16.0 Å². The standard InChI is InChI=1S/C12H13BrClN/c1-4-12(2,3)15-8-9-5-6-10(14)7-11(9)13/h1,5-7,15H,8H2,2-3H3.